The normalized spacial score (nSPS) is 11.8. The lowest BCUT2D eigenvalue weighted by Crippen LogP contribution is -2.32. The Balaban J connectivity index is 2.01. The van der Waals surface area contributed by atoms with Crippen molar-refractivity contribution in [3.05, 3.63) is 35.4 Å². The average Bonchev–Trinajstić information content (AvgIpc) is 2.98. The number of nitrogens with zero attached hydrogens (tertiary/aromatic N) is 4. The number of carbonyl (C=O) groups is 2. The summed E-state index contributed by atoms with van der Waals surface area (Å²) >= 11 is 1.23. The number of aromatic nitrogens is 4. The first kappa shape index (κ1) is 18.9. The van der Waals surface area contributed by atoms with E-state index in [1.807, 2.05) is 31.2 Å². The Hall–Kier alpha value is -2.42. The first-order valence-corrected chi connectivity index (χ1v) is 8.85. The van der Waals surface area contributed by atoms with Gasteiger partial charge >= 0.3 is 5.97 Å². The standard InChI is InChI=1S/C16H21N5O3S/c1-4-24-15(23)9-13(12-7-5-11(2)6-8-12)17-14(22)10-25-16-18-19-20-21(16)3/h5-8,13H,4,9-10H2,1-3H3,(H,17,22)/t13-/m0/s1. The van der Waals surface area contributed by atoms with Crippen molar-refractivity contribution in [1.82, 2.24) is 25.5 Å². The van der Waals surface area contributed by atoms with Crippen LogP contribution in [0.5, 0.6) is 0 Å². The molecule has 0 aliphatic heterocycles. The van der Waals surface area contributed by atoms with Crippen LogP contribution in [0, 0.1) is 6.92 Å². The molecule has 1 aromatic carbocycles. The van der Waals surface area contributed by atoms with Crippen LogP contribution < -0.4 is 5.32 Å². The van der Waals surface area contributed by atoms with Crippen LogP contribution in [0.3, 0.4) is 0 Å². The van der Waals surface area contributed by atoms with E-state index in [0.29, 0.717) is 11.8 Å². The highest BCUT2D eigenvalue weighted by molar-refractivity contribution is 7.99. The highest BCUT2D eigenvalue weighted by Crippen LogP contribution is 2.19. The summed E-state index contributed by atoms with van der Waals surface area (Å²) in [6, 6.07) is 7.25. The maximum atomic E-state index is 12.3. The van der Waals surface area contributed by atoms with Gasteiger partial charge in [0, 0.05) is 7.05 Å². The number of tetrazole rings is 1. The van der Waals surface area contributed by atoms with Gasteiger partial charge in [0.15, 0.2) is 0 Å². The van der Waals surface area contributed by atoms with Crippen molar-refractivity contribution in [2.75, 3.05) is 12.4 Å². The van der Waals surface area contributed by atoms with Gasteiger partial charge in [-0.2, -0.15) is 0 Å². The molecule has 1 aromatic heterocycles. The molecule has 0 radical (unpaired) electrons. The lowest BCUT2D eigenvalue weighted by atomic mass is 10.0. The largest absolute Gasteiger partial charge is 0.466 e. The van der Waals surface area contributed by atoms with Crippen LogP contribution in [0.4, 0.5) is 0 Å². The number of nitrogens with one attached hydrogen (secondary N) is 1. The van der Waals surface area contributed by atoms with Gasteiger partial charge in [-0.15, -0.1) is 5.10 Å². The molecule has 1 heterocycles. The van der Waals surface area contributed by atoms with Gasteiger partial charge in [-0.25, -0.2) is 4.68 Å². The summed E-state index contributed by atoms with van der Waals surface area (Å²) in [4.78, 5) is 24.1. The first-order valence-electron chi connectivity index (χ1n) is 7.86. The van der Waals surface area contributed by atoms with E-state index in [9.17, 15) is 9.59 Å². The third-order valence-electron chi connectivity index (χ3n) is 3.40. The van der Waals surface area contributed by atoms with E-state index in [-0.39, 0.29) is 24.1 Å². The van der Waals surface area contributed by atoms with E-state index >= 15 is 0 Å². The molecule has 9 heteroatoms. The number of ether oxygens (including phenoxy) is 1. The number of hydrogen-bond donors (Lipinski definition) is 1. The molecule has 0 spiro atoms. The lowest BCUT2D eigenvalue weighted by molar-refractivity contribution is -0.143. The van der Waals surface area contributed by atoms with E-state index in [2.05, 4.69) is 20.8 Å². The molecule has 1 atom stereocenters. The fourth-order valence-corrected chi connectivity index (χ4v) is 2.81. The predicted molar refractivity (Wildman–Crippen MR) is 92.8 cm³/mol. The summed E-state index contributed by atoms with van der Waals surface area (Å²) in [6.45, 7) is 4.04. The van der Waals surface area contributed by atoms with Crippen LogP contribution >= 0.6 is 11.8 Å². The number of benzene rings is 1. The quantitative estimate of drug-likeness (QED) is 0.559. The Morgan fingerprint density at radius 2 is 2.04 bits per heavy atom. The lowest BCUT2D eigenvalue weighted by Gasteiger charge is -2.18. The van der Waals surface area contributed by atoms with Crippen molar-refractivity contribution < 1.29 is 14.3 Å². The molecule has 0 bridgehead atoms. The number of amides is 1. The fraction of sp³-hybridized carbons (Fsp3) is 0.438. The molecule has 0 aliphatic rings. The van der Waals surface area contributed by atoms with Gasteiger partial charge in [0.25, 0.3) is 0 Å². The molecule has 134 valence electrons. The minimum Gasteiger partial charge on any atom is -0.466 e. The topological polar surface area (TPSA) is 99.0 Å². The van der Waals surface area contributed by atoms with Crippen LogP contribution in [0.1, 0.15) is 30.5 Å². The molecule has 2 aromatic rings. The second-order valence-electron chi connectivity index (χ2n) is 5.41. The SMILES string of the molecule is CCOC(=O)C[C@H](NC(=O)CSc1nnnn1C)c1ccc(C)cc1. The maximum absolute atomic E-state index is 12.3. The Labute approximate surface area is 150 Å². The molecule has 0 saturated heterocycles. The number of hydrogen-bond acceptors (Lipinski definition) is 7. The van der Waals surface area contributed by atoms with Gasteiger partial charge in [0.05, 0.1) is 24.8 Å². The summed E-state index contributed by atoms with van der Waals surface area (Å²) in [5.41, 5.74) is 1.97. The third-order valence-corrected chi connectivity index (χ3v) is 4.42. The molecule has 1 amide bonds. The fourth-order valence-electron chi connectivity index (χ4n) is 2.15. The maximum Gasteiger partial charge on any atom is 0.308 e. The Morgan fingerprint density at radius 3 is 2.64 bits per heavy atom. The van der Waals surface area contributed by atoms with Crippen LogP contribution in [0.15, 0.2) is 29.4 Å². The highest BCUT2D eigenvalue weighted by Gasteiger charge is 2.19. The van der Waals surface area contributed by atoms with Crippen molar-refractivity contribution in [2.24, 2.45) is 7.05 Å². The van der Waals surface area contributed by atoms with Gasteiger partial charge in [-0.05, 0) is 29.8 Å². The summed E-state index contributed by atoms with van der Waals surface area (Å²) in [5, 5.41) is 14.5. The van der Waals surface area contributed by atoms with Crippen molar-refractivity contribution >= 4 is 23.6 Å². The molecule has 0 unspecified atom stereocenters. The van der Waals surface area contributed by atoms with E-state index in [4.69, 9.17) is 4.74 Å². The summed E-state index contributed by atoms with van der Waals surface area (Å²) in [5.74, 6) is -0.402. The van der Waals surface area contributed by atoms with Crippen molar-refractivity contribution in [3.63, 3.8) is 0 Å². The highest BCUT2D eigenvalue weighted by atomic mass is 32.2. The molecular formula is C16H21N5O3S. The van der Waals surface area contributed by atoms with E-state index in [0.717, 1.165) is 11.1 Å². The zero-order valence-electron chi connectivity index (χ0n) is 14.4. The molecule has 1 N–H and O–H groups in total. The molecule has 0 saturated carbocycles. The van der Waals surface area contributed by atoms with Gasteiger partial charge < -0.3 is 10.1 Å². The summed E-state index contributed by atoms with van der Waals surface area (Å²) in [6.07, 6.45) is 0.0822. The number of carbonyl (C=O) groups excluding carboxylic acids is 2. The summed E-state index contributed by atoms with van der Waals surface area (Å²) < 4.78 is 6.50. The van der Waals surface area contributed by atoms with E-state index < -0.39 is 6.04 Å². The van der Waals surface area contributed by atoms with Crippen LogP contribution in [-0.4, -0.2) is 44.4 Å². The van der Waals surface area contributed by atoms with Gasteiger partial charge in [0.2, 0.25) is 11.1 Å². The average molecular weight is 363 g/mol. The zero-order chi connectivity index (χ0) is 18.2. The number of thioether (sulfide) groups is 1. The first-order chi connectivity index (χ1) is 12.0. The molecular weight excluding hydrogens is 342 g/mol. The zero-order valence-corrected chi connectivity index (χ0v) is 15.2. The Kier molecular flexibility index (Phi) is 6.93. The molecule has 25 heavy (non-hydrogen) atoms. The minimum absolute atomic E-state index is 0.0822. The smallest absolute Gasteiger partial charge is 0.308 e. The molecule has 8 nitrogen and oxygen atoms in total. The molecule has 0 fully saturated rings. The van der Waals surface area contributed by atoms with Gasteiger partial charge in [-0.1, -0.05) is 41.6 Å². The number of esters is 1. The van der Waals surface area contributed by atoms with Gasteiger partial charge in [-0.3, -0.25) is 9.59 Å². The number of aryl methyl sites for hydroxylation is 2. The Morgan fingerprint density at radius 1 is 1.32 bits per heavy atom. The third kappa shape index (κ3) is 5.86. The second-order valence-corrected chi connectivity index (χ2v) is 6.36. The predicted octanol–water partition coefficient (Wildman–Crippen LogP) is 1.42. The van der Waals surface area contributed by atoms with Crippen LogP contribution in [-0.2, 0) is 21.4 Å². The van der Waals surface area contributed by atoms with E-state index in [1.165, 1.54) is 16.4 Å². The van der Waals surface area contributed by atoms with Gasteiger partial charge in [0.1, 0.15) is 0 Å². The Bertz CT molecular complexity index is 717. The minimum atomic E-state index is -0.439. The van der Waals surface area contributed by atoms with E-state index in [1.54, 1.807) is 14.0 Å². The van der Waals surface area contributed by atoms with Crippen LogP contribution in [0.2, 0.25) is 0 Å². The van der Waals surface area contributed by atoms with Crippen molar-refractivity contribution in [3.8, 4) is 0 Å². The molecule has 2 rings (SSSR count). The summed E-state index contributed by atoms with van der Waals surface area (Å²) in [7, 11) is 1.70. The second kappa shape index (κ2) is 9.16. The number of rotatable bonds is 8. The van der Waals surface area contributed by atoms with Crippen molar-refractivity contribution in [1.29, 1.82) is 0 Å². The van der Waals surface area contributed by atoms with Crippen molar-refractivity contribution in [2.45, 2.75) is 31.5 Å². The van der Waals surface area contributed by atoms with Crippen LogP contribution in [0.25, 0.3) is 0 Å². The monoisotopic (exact) mass is 363 g/mol. The molecule has 0 aliphatic carbocycles.